The second kappa shape index (κ2) is 12.3. The molecular formula is C27H34ClN3O6S. The van der Waals surface area contributed by atoms with Crippen molar-refractivity contribution in [2.75, 3.05) is 23.9 Å². The van der Waals surface area contributed by atoms with Crippen molar-refractivity contribution in [3.8, 4) is 11.5 Å². The number of hydrogen-bond donors (Lipinski definition) is 1. The molecule has 2 amide bonds. The van der Waals surface area contributed by atoms with Gasteiger partial charge in [0.15, 0.2) is 11.5 Å². The average Bonchev–Trinajstić information content (AvgIpc) is 3.56. The summed E-state index contributed by atoms with van der Waals surface area (Å²) in [5, 5.41) is 3.67. The predicted octanol–water partition coefficient (Wildman–Crippen LogP) is 4.09. The van der Waals surface area contributed by atoms with Crippen LogP contribution in [-0.4, -0.2) is 56.8 Å². The van der Waals surface area contributed by atoms with Gasteiger partial charge in [-0.1, -0.05) is 36.6 Å². The van der Waals surface area contributed by atoms with Crippen molar-refractivity contribution >= 4 is 39.1 Å². The fourth-order valence-corrected chi connectivity index (χ4v) is 5.89. The first-order chi connectivity index (χ1) is 18.1. The second-order valence-corrected chi connectivity index (χ2v) is 12.1. The zero-order valence-corrected chi connectivity index (χ0v) is 23.3. The topological polar surface area (TPSA) is 105 Å². The van der Waals surface area contributed by atoms with Gasteiger partial charge >= 0.3 is 0 Å². The van der Waals surface area contributed by atoms with Crippen LogP contribution in [0.4, 0.5) is 5.69 Å². The summed E-state index contributed by atoms with van der Waals surface area (Å²) < 4.78 is 37.1. The highest BCUT2D eigenvalue weighted by Gasteiger charge is 2.29. The van der Waals surface area contributed by atoms with Crippen LogP contribution >= 0.6 is 11.6 Å². The molecule has 1 saturated carbocycles. The van der Waals surface area contributed by atoms with Crippen molar-refractivity contribution in [1.29, 1.82) is 0 Å². The van der Waals surface area contributed by atoms with Crippen molar-refractivity contribution in [2.45, 2.75) is 64.1 Å². The number of fused-ring (bicyclic) bond motifs is 1. The minimum absolute atomic E-state index is 0.0746. The van der Waals surface area contributed by atoms with E-state index < -0.39 is 16.1 Å². The highest BCUT2D eigenvalue weighted by atomic mass is 35.5. The number of sulfonamides is 1. The molecule has 11 heteroatoms. The minimum Gasteiger partial charge on any atom is -0.454 e. The molecule has 0 aromatic heterocycles. The Bertz CT molecular complexity index is 1250. The molecule has 0 radical (unpaired) electrons. The number of ether oxygens (including phenoxy) is 2. The Kier molecular flexibility index (Phi) is 9.04. The van der Waals surface area contributed by atoms with Crippen LogP contribution in [0.5, 0.6) is 11.5 Å². The Hall–Kier alpha value is -2.98. The molecule has 9 nitrogen and oxygen atoms in total. The first kappa shape index (κ1) is 28.0. The summed E-state index contributed by atoms with van der Waals surface area (Å²) in [7, 11) is -3.61. The van der Waals surface area contributed by atoms with Gasteiger partial charge in [0, 0.05) is 36.6 Å². The minimum atomic E-state index is -3.61. The van der Waals surface area contributed by atoms with Crippen LogP contribution in [-0.2, 0) is 26.2 Å². The van der Waals surface area contributed by atoms with Gasteiger partial charge in [-0.25, -0.2) is 8.42 Å². The molecule has 0 bridgehead atoms. The van der Waals surface area contributed by atoms with Crippen molar-refractivity contribution in [3.63, 3.8) is 0 Å². The zero-order valence-electron chi connectivity index (χ0n) is 21.7. The van der Waals surface area contributed by atoms with Crippen LogP contribution in [0.2, 0.25) is 5.02 Å². The Morgan fingerprint density at radius 3 is 2.45 bits per heavy atom. The molecule has 1 fully saturated rings. The van der Waals surface area contributed by atoms with Gasteiger partial charge in [-0.15, -0.1) is 0 Å². The van der Waals surface area contributed by atoms with E-state index in [-0.39, 0.29) is 50.6 Å². The molecule has 1 atom stereocenters. The highest BCUT2D eigenvalue weighted by Crippen LogP contribution is 2.36. The zero-order chi connectivity index (χ0) is 27.3. The number of nitrogens with one attached hydrogen (secondary N) is 1. The lowest BCUT2D eigenvalue weighted by molar-refractivity contribution is -0.141. The van der Waals surface area contributed by atoms with Gasteiger partial charge in [0.2, 0.25) is 28.6 Å². The molecule has 2 aliphatic rings. The monoisotopic (exact) mass is 563 g/mol. The Morgan fingerprint density at radius 2 is 1.76 bits per heavy atom. The second-order valence-electron chi connectivity index (χ2n) is 9.79. The maximum Gasteiger partial charge on any atom is 0.242 e. The molecule has 1 aliphatic heterocycles. The van der Waals surface area contributed by atoms with Crippen LogP contribution in [0, 0.1) is 0 Å². The summed E-state index contributed by atoms with van der Waals surface area (Å²) >= 11 is 6.02. The molecule has 206 valence electrons. The number of halogens is 1. The maximum absolute atomic E-state index is 13.4. The number of benzene rings is 2. The Labute approximate surface area is 229 Å². The van der Waals surface area contributed by atoms with Gasteiger partial charge in [0.1, 0.15) is 6.04 Å². The lowest BCUT2D eigenvalue weighted by atomic mass is 10.1. The fraction of sp³-hybridized carbons (Fsp3) is 0.481. The van der Waals surface area contributed by atoms with Crippen LogP contribution in [0.15, 0.2) is 42.5 Å². The van der Waals surface area contributed by atoms with E-state index in [0.29, 0.717) is 22.2 Å². The van der Waals surface area contributed by atoms with E-state index in [2.05, 4.69) is 5.32 Å². The molecule has 2 aromatic carbocycles. The van der Waals surface area contributed by atoms with E-state index in [1.54, 1.807) is 42.2 Å². The summed E-state index contributed by atoms with van der Waals surface area (Å²) in [6, 6.07) is 11.5. The lowest BCUT2D eigenvalue weighted by Gasteiger charge is -2.30. The molecule has 2 aromatic rings. The van der Waals surface area contributed by atoms with Gasteiger partial charge < -0.3 is 19.7 Å². The number of nitrogens with zero attached hydrogens (tertiary/aromatic N) is 2. The standard InChI is InChI=1S/C27H34ClN3O6S/c1-19(27(33)29-22-6-3-4-7-22)30(17-20-9-11-21(28)12-10-20)26(32)8-5-15-31(38(2,34)35)23-13-14-24-25(16-23)37-18-36-24/h9-14,16,19,22H,3-8,15,17-18H2,1-2H3,(H,29,33)/t19-/m1/s1. The van der Waals surface area contributed by atoms with Crippen LogP contribution in [0.3, 0.4) is 0 Å². The van der Waals surface area contributed by atoms with Crippen molar-refractivity contribution in [1.82, 2.24) is 10.2 Å². The third-order valence-corrected chi connectivity index (χ3v) is 8.38. The average molecular weight is 564 g/mol. The third kappa shape index (κ3) is 7.11. The number of anilines is 1. The molecule has 38 heavy (non-hydrogen) atoms. The van der Waals surface area contributed by atoms with Gasteiger partial charge in [0.05, 0.1) is 11.9 Å². The highest BCUT2D eigenvalue weighted by molar-refractivity contribution is 7.92. The van der Waals surface area contributed by atoms with E-state index in [0.717, 1.165) is 37.5 Å². The van der Waals surface area contributed by atoms with Crippen molar-refractivity contribution in [2.24, 2.45) is 0 Å². The largest absolute Gasteiger partial charge is 0.454 e. The fourth-order valence-electron chi connectivity index (χ4n) is 4.81. The molecule has 4 rings (SSSR count). The van der Waals surface area contributed by atoms with Crippen molar-refractivity contribution < 1.29 is 27.5 Å². The molecule has 0 saturated heterocycles. The lowest BCUT2D eigenvalue weighted by Crippen LogP contribution is -2.49. The smallest absolute Gasteiger partial charge is 0.242 e. The number of carbonyl (C=O) groups excluding carboxylic acids is 2. The van der Waals surface area contributed by atoms with Gasteiger partial charge in [-0.2, -0.15) is 0 Å². The van der Waals surface area contributed by atoms with Crippen molar-refractivity contribution in [3.05, 3.63) is 53.1 Å². The maximum atomic E-state index is 13.4. The SMILES string of the molecule is C[C@H](C(=O)NC1CCCC1)N(Cc1ccc(Cl)cc1)C(=O)CCCN(c1ccc2c(c1)OCO2)S(C)(=O)=O. The van der Waals surface area contributed by atoms with Crippen LogP contribution < -0.4 is 19.1 Å². The molecule has 1 N–H and O–H groups in total. The van der Waals surface area contributed by atoms with Crippen LogP contribution in [0.1, 0.15) is 51.0 Å². The summed E-state index contributed by atoms with van der Waals surface area (Å²) in [5.74, 6) is 0.619. The molecule has 0 unspecified atom stereocenters. The Balaban J connectivity index is 1.44. The first-order valence-electron chi connectivity index (χ1n) is 12.8. The molecule has 0 spiro atoms. The molecular weight excluding hydrogens is 530 g/mol. The van der Waals surface area contributed by atoms with E-state index in [9.17, 15) is 18.0 Å². The summed E-state index contributed by atoms with van der Waals surface area (Å²) in [4.78, 5) is 28.0. The quantitative estimate of drug-likeness (QED) is 0.441. The number of amides is 2. The van der Waals surface area contributed by atoms with Gasteiger partial charge in [0.25, 0.3) is 0 Å². The van der Waals surface area contributed by atoms with Gasteiger partial charge in [-0.05, 0) is 56.0 Å². The summed E-state index contributed by atoms with van der Waals surface area (Å²) in [5.41, 5.74) is 1.29. The summed E-state index contributed by atoms with van der Waals surface area (Å²) in [6.45, 7) is 2.16. The molecule has 1 heterocycles. The number of hydrogen-bond acceptors (Lipinski definition) is 6. The molecule has 1 aliphatic carbocycles. The van der Waals surface area contributed by atoms with Gasteiger partial charge in [-0.3, -0.25) is 13.9 Å². The number of carbonyl (C=O) groups is 2. The third-order valence-electron chi connectivity index (χ3n) is 6.93. The van der Waals surface area contributed by atoms with E-state index in [1.165, 1.54) is 4.31 Å². The normalized spacial score (nSPS) is 15.8. The summed E-state index contributed by atoms with van der Waals surface area (Å²) in [6.07, 6.45) is 5.55. The van der Waals surface area contributed by atoms with E-state index in [1.807, 2.05) is 12.1 Å². The predicted molar refractivity (Wildman–Crippen MR) is 146 cm³/mol. The first-order valence-corrected chi connectivity index (χ1v) is 15.1. The Morgan fingerprint density at radius 1 is 1.08 bits per heavy atom. The van der Waals surface area contributed by atoms with E-state index >= 15 is 0 Å². The van der Waals surface area contributed by atoms with Crippen LogP contribution in [0.25, 0.3) is 0 Å². The van der Waals surface area contributed by atoms with E-state index in [4.69, 9.17) is 21.1 Å². The number of rotatable bonds is 11.